The fourth-order valence-electron chi connectivity index (χ4n) is 10.3. The van der Waals surface area contributed by atoms with Gasteiger partial charge in [0.25, 0.3) is 0 Å². The largest absolute Gasteiger partial charge is 0.462 e. The second-order valence-electron chi connectivity index (χ2n) is 23.8. The van der Waals surface area contributed by atoms with Gasteiger partial charge in [0.2, 0.25) is 0 Å². The minimum Gasteiger partial charge on any atom is -0.462 e. The van der Waals surface area contributed by atoms with Crippen LogP contribution in [0.4, 0.5) is 0 Å². The van der Waals surface area contributed by atoms with Gasteiger partial charge in [-0.05, 0) is 96.3 Å². The number of ether oxygens (including phenoxy) is 3. The lowest BCUT2D eigenvalue weighted by Gasteiger charge is -2.18. The van der Waals surface area contributed by atoms with Crippen LogP contribution in [0.3, 0.4) is 0 Å². The molecule has 0 aliphatic rings. The standard InChI is InChI=1S/C76H134O6/c1-4-7-10-13-16-19-22-25-28-31-33-34-35-36-37-38-39-40-41-42-43-46-48-51-54-57-60-63-66-69-75(78)81-72-73(71-80-74(77)68-65-62-59-56-53-50-47-44-30-27-24-21-18-15-12-9-6-3)82-76(79)70-67-64-61-58-55-52-49-45-32-29-26-23-20-17-14-11-8-5-2/h9,12,18,21-22,25,27,30-31,33,35-36,47,50,73H,4-8,10-11,13-17,19-20,23-24,26,28-29,32,34,37-46,48-49,51-72H2,1-3H3/b12-9-,21-18-,25-22-,30-27-,33-31-,36-35-,50-47-. The highest BCUT2D eigenvalue weighted by atomic mass is 16.6. The Kier molecular flexibility index (Phi) is 67.2. The fraction of sp³-hybridized carbons (Fsp3) is 0.776. The van der Waals surface area contributed by atoms with Crippen molar-refractivity contribution in [1.29, 1.82) is 0 Å². The van der Waals surface area contributed by atoms with Crippen LogP contribution in [0.1, 0.15) is 361 Å². The van der Waals surface area contributed by atoms with Crippen LogP contribution in [0, 0.1) is 0 Å². The molecular weight excluding hydrogens is 1010 g/mol. The van der Waals surface area contributed by atoms with Gasteiger partial charge in [-0.1, -0.05) is 331 Å². The van der Waals surface area contributed by atoms with Gasteiger partial charge in [0.15, 0.2) is 6.10 Å². The number of rotatable bonds is 65. The van der Waals surface area contributed by atoms with Gasteiger partial charge in [0.1, 0.15) is 13.2 Å². The lowest BCUT2D eigenvalue weighted by Crippen LogP contribution is -2.30. The Morgan fingerprint density at radius 3 is 0.744 bits per heavy atom. The molecule has 1 atom stereocenters. The Hall–Kier alpha value is -3.41. The number of allylic oxidation sites excluding steroid dienone is 14. The molecule has 0 spiro atoms. The molecule has 0 saturated heterocycles. The highest BCUT2D eigenvalue weighted by Gasteiger charge is 2.19. The third-order valence-electron chi connectivity index (χ3n) is 15.6. The van der Waals surface area contributed by atoms with E-state index in [-0.39, 0.29) is 31.1 Å². The van der Waals surface area contributed by atoms with Crippen molar-refractivity contribution in [1.82, 2.24) is 0 Å². The van der Waals surface area contributed by atoms with Crippen molar-refractivity contribution in [3.63, 3.8) is 0 Å². The summed E-state index contributed by atoms with van der Waals surface area (Å²) in [7, 11) is 0. The van der Waals surface area contributed by atoms with Crippen molar-refractivity contribution in [3.05, 3.63) is 85.1 Å². The topological polar surface area (TPSA) is 78.9 Å². The number of hydrogen-bond acceptors (Lipinski definition) is 6. The number of carbonyl (C=O) groups is 3. The molecular formula is C76H134O6. The fourth-order valence-corrected chi connectivity index (χ4v) is 10.3. The number of carbonyl (C=O) groups excluding carboxylic acids is 3. The molecule has 6 nitrogen and oxygen atoms in total. The SMILES string of the molecule is CC/C=C\C/C=C\C/C=C\C/C=C\CCCCCCC(=O)OCC(COC(=O)CCCCCCCCCCCCCCCC/C=C\C/C=C\C/C=C\CCCCCCC)OC(=O)CCCCCCCCCCCCCCCCCCCC. The molecule has 474 valence electrons. The van der Waals surface area contributed by atoms with E-state index in [1.165, 1.54) is 212 Å². The molecule has 0 aromatic rings. The molecule has 82 heavy (non-hydrogen) atoms. The lowest BCUT2D eigenvalue weighted by molar-refractivity contribution is -0.167. The maximum atomic E-state index is 13.0. The second kappa shape index (κ2) is 70.1. The van der Waals surface area contributed by atoms with Crippen molar-refractivity contribution in [2.75, 3.05) is 13.2 Å². The number of esters is 3. The van der Waals surface area contributed by atoms with Crippen LogP contribution in [0.15, 0.2) is 85.1 Å². The number of hydrogen-bond donors (Lipinski definition) is 0. The molecule has 0 aromatic heterocycles. The van der Waals surface area contributed by atoms with Crippen LogP contribution in [-0.2, 0) is 28.6 Å². The van der Waals surface area contributed by atoms with Crippen LogP contribution in [0.5, 0.6) is 0 Å². The molecule has 6 heteroatoms. The van der Waals surface area contributed by atoms with Gasteiger partial charge in [-0.2, -0.15) is 0 Å². The minimum absolute atomic E-state index is 0.0812. The van der Waals surface area contributed by atoms with Crippen LogP contribution in [0.25, 0.3) is 0 Å². The molecule has 0 N–H and O–H groups in total. The zero-order chi connectivity index (χ0) is 59.2. The van der Waals surface area contributed by atoms with E-state index in [9.17, 15) is 14.4 Å². The Labute approximate surface area is 509 Å². The highest BCUT2D eigenvalue weighted by Crippen LogP contribution is 2.18. The molecule has 0 aliphatic heterocycles. The average Bonchev–Trinajstić information content (AvgIpc) is 3.47. The van der Waals surface area contributed by atoms with Gasteiger partial charge < -0.3 is 14.2 Å². The summed E-state index contributed by atoms with van der Waals surface area (Å²) in [6.45, 7) is 6.55. The smallest absolute Gasteiger partial charge is 0.306 e. The van der Waals surface area contributed by atoms with E-state index in [1.54, 1.807) is 0 Å². The van der Waals surface area contributed by atoms with Crippen molar-refractivity contribution in [2.45, 2.75) is 367 Å². The normalized spacial score (nSPS) is 12.6. The maximum absolute atomic E-state index is 13.0. The zero-order valence-corrected chi connectivity index (χ0v) is 54.5. The van der Waals surface area contributed by atoms with Crippen molar-refractivity contribution < 1.29 is 28.6 Å². The van der Waals surface area contributed by atoms with Gasteiger partial charge in [0, 0.05) is 19.3 Å². The van der Waals surface area contributed by atoms with E-state index >= 15 is 0 Å². The predicted molar refractivity (Wildman–Crippen MR) is 358 cm³/mol. The lowest BCUT2D eigenvalue weighted by atomic mass is 10.0. The summed E-state index contributed by atoms with van der Waals surface area (Å²) in [5.74, 6) is -0.886. The molecule has 0 radical (unpaired) electrons. The van der Waals surface area contributed by atoms with E-state index in [0.717, 1.165) is 109 Å². The van der Waals surface area contributed by atoms with Gasteiger partial charge in [-0.25, -0.2) is 0 Å². The van der Waals surface area contributed by atoms with E-state index in [4.69, 9.17) is 14.2 Å². The molecule has 1 unspecified atom stereocenters. The summed E-state index contributed by atoms with van der Waals surface area (Å²) in [4.78, 5) is 38.5. The Bertz CT molecular complexity index is 1550. The second-order valence-corrected chi connectivity index (χ2v) is 23.8. The summed E-state index contributed by atoms with van der Waals surface area (Å²) in [6, 6.07) is 0. The van der Waals surface area contributed by atoms with Gasteiger partial charge in [-0.15, -0.1) is 0 Å². The Balaban J connectivity index is 4.30. The molecule has 0 aromatic carbocycles. The highest BCUT2D eigenvalue weighted by molar-refractivity contribution is 5.71. The van der Waals surface area contributed by atoms with Crippen LogP contribution >= 0.6 is 0 Å². The minimum atomic E-state index is -0.787. The summed E-state index contributed by atoms with van der Waals surface area (Å²) in [5.41, 5.74) is 0. The van der Waals surface area contributed by atoms with E-state index in [2.05, 4.69) is 106 Å². The van der Waals surface area contributed by atoms with E-state index in [1.807, 2.05) is 0 Å². The maximum Gasteiger partial charge on any atom is 0.306 e. The van der Waals surface area contributed by atoms with Gasteiger partial charge in [-0.3, -0.25) is 14.4 Å². The summed E-state index contributed by atoms with van der Waals surface area (Å²) in [5, 5.41) is 0. The predicted octanol–water partition coefficient (Wildman–Crippen LogP) is 24.6. The molecule has 0 rings (SSSR count). The Morgan fingerprint density at radius 1 is 0.256 bits per heavy atom. The first-order chi connectivity index (χ1) is 40.5. The van der Waals surface area contributed by atoms with Crippen LogP contribution in [0.2, 0.25) is 0 Å². The monoisotopic (exact) mass is 1140 g/mol. The van der Waals surface area contributed by atoms with E-state index < -0.39 is 6.10 Å². The van der Waals surface area contributed by atoms with Gasteiger partial charge in [0.05, 0.1) is 0 Å². The zero-order valence-electron chi connectivity index (χ0n) is 54.5. The third kappa shape index (κ3) is 67.4. The molecule has 0 bridgehead atoms. The summed E-state index contributed by atoms with van der Waals surface area (Å²) < 4.78 is 17.0. The number of unbranched alkanes of at least 4 members (excludes halogenated alkanes) is 40. The summed E-state index contributed by atoms with van der Waals surface area (Å²) >= 11 is 0. The first-order valence-electron chi connectivity index (χ1n) is 35.6. The quantitative estimate of drug-likeness (QED) is 0.0261. The van der Waals surface area contributed by atoms with E-state index in [0.29, 0.717) is 19.3 Å². The van der Waals surface area contributed by atoms with Crippen molar-refractivity contribution in [2.24, 2.45) is 0 Å². The van der Waals surface area contributed by atoms with Crippen molar-refractivity contribution >= 4 is 17.9 Å². The van der Waals surface area contributed by atoms with Crippen LogP contribution < -0.4 is 0 Å². The van der Waals surface area contributed by atoms with Crippen LogP contribution in [-0.4, -0.2) is 37.2 Å². The molecule has 0 amide bonds. The molecule has 0 heterocycles. The van der Waals surface area contributed by atoms with Crippen molar-refractivity contribution in [3.8, 4) is 0 Å². The average molecular weight is 1140 g/mol. The third-order valence-corrected chi connectivity index (χ3v) is 15.6. The molecule has 0 saturated carbocycles. The van der Waals surface area contributed by atoms with Gasteiger partial charge >= 0.3 is 17.9 Å². The first kappa shape index (κ1) is 78.6. The molecule has 0 aliphatic carbocycles. The first-order valence-corrected chi connectivity index (χ1v) is 35.6. The summed E-state index contributed by atoms with van der Waals surface area (Å²) in [6.07, 6.45) is 93.2. The Morgan fingerprint density at radius 2 is 0.476 bits per heavy atom. The molecule has 0 fully saturated rings.